The second kappa shape index (κ2) is 2.19. The van der Waals surface area contributed by atoms with Gasteiger partial charge in [-0.25, -0.2) is 4.98 Å². The Bertz CT molecular complexity index is 193. The number of nitrogens with zero attached hydrogens (tertiary/aromatic N) is 1. The minimum atomic E-state index is -0.0984. The summed E-state index contributed by atoms with van der Waals surface area (Å²) in [4.78, 5) is 3.92. The molecule has 0 aliphatic carbocycles. The van der Waals surface area contributed by atoms with Crippen molar-refractivity contribution >= 4 is 0 Å². The van der Waals surface area contributed by atoms with Crippen LogP contribution in [0.3, 0.4) is 0 Å². The first-order chi connectivity index (χ1) is 4.20. The third kappa shape index (κ3) is 1.29. The number of nitrogens with two attached hydrogens (primary N) is 1. The van der Waals surface area contributed by atoms with Crippen LogP contribution in [0.2, 0.25) is 0 Å². The first kappa shape index (κ1) is 6.29. The molecule has 1 heterocycles. The molecule has 50 valence electrons. The first-order valence-corrected chi connectivity index (χ1v) is 2.88. The summed E-state index contributed by atoms with van der Waals surface area (Å²) in [6.07, 6.45) is 1.67. The Morgan fingerprint density at radius 3 is 2.67 bits per heavy atom. The minimum absolute atomic E-state index is 0.0984. The lowest BCUT2D eigenvalue weighted by atomic mass is 10.4. The van der Waals surface area contributed by atoms with Crippen molar-refractivity contribution in [3.8, 4) is 0 Å². The van der Waals surface area contributed by atoms with Crippen LogP contribution in [0.15, 0.2) is 10.6 Å². The molecule has 1 rings (SSSR count). The van der Waals surface area contributed by atoms with Gasteiger partial charge >= 0.3 is 0 Å². The Kier molecular flexibility index (Phi) is 1.53. The van der Waals surface area contributed by atoms with E-state index < -0.39 is 0 Å². The van der Waals surface area contributed by atoms with Crippen LogP contribution >= 0.6 is 0 Å². The molecule has 0 fully saturated rings. The molecule has 0 bridgehead atoms. The average molecular weight is 126 g/mol. The van der Waals surface area contributed by atoms with Gasteiger partial charge in [-0.2, -0.15) is 0 Å². The molecule has 1 aromatic heterocycles. The molecular weight excluding hydrogens is 116 g/mol. The maximum absolute atomic E-state index is 5.47. The minimum Gasteiger partial charge on any atom is -0.444 e. The largest absolute Gasteiger partial charge is 0.444 e. The zero-order valence-electron chi connectivity index (χ0n) is 5.59. The van der Waals surface area contributed by atoms with Gasteiger partial charge in [-0.05, 0) is 13.8 Å². The number of rotatable bonds is 1. The molecule has 0 amide bonds. The number of oxazole rings is 1. The summed E-state index contributed by atoms with van der Waals surface area (Å²) >= 11 is 0. The van der Waals surface area contributed by atoms with E-state index in [1.165, 1.54) is 0 Å². The zero-order valence-corrected chi connectivity index (χ0v) is 5.59. The maximum atomic E-state index is 5.47. The molecule has 0 radical (unpaired) electrons. The van der Waals surface area contributed by atoms with Crippen LogP contribution in [0.4, 0.5) is 0 Å². The van der Waals surface area contributed by atoms with Gasteiger partial charge in [-0.1, -0.05) is 0 Å². The highest BCUT2D eigenvalue weighted by molar-refractivity contribution is 4.93. The van der Waals surface area contributed by atoms with Crippen molar-refractivity contribution in [2.24, 2.45) is 5.73 Å². The molecule has 0 aromatic carbocycles. The van der Waals surface area contributed by atoms with Gasteiger partial charge in [-0.15, -0.1) is 0 Å². The molecule has 0 aliphatic rings. The van der Waals surface area contributed by atoms with Gasteiger partial charge in [0.2, 0.25) is 5.89 Å². The molecule has 0 saturated carbocycles. The second-order valence-electron chi connectivity index (χ2n) is 2.10. The molecule has 0 aliphatic heterocycles. The van der Waals surface area contributed by atoms with E-state index in [0.717, 1.165) is 5.76 Å². The van der Waals surface area contributed by atoms with Crippen molar-refractivity contribution in [2.45, 2.75) is 19.9 Å². The van der Waals surface area contributed by atoms with E-state index in [9.17, 15) is 0 Å². The van der Waals surface area contributed by atoms with E-state index in [1.807, 2.05) is 13.8 Å². The number of hydrogen-bond donors (Lipinski definition) is 1. The van der Waals surface area contributed by atoms with Gasteiger partial charge in [0.25, 0.3) is 0 Å². The lowest BCUT2D eigenvalue weighted by molar-refractivity contribution is 0.444. The quantitative estimate of drug-likeness (QED) is 0.610. The monoisotopic (exact) mass is 126 g/mol. The van der Waals surface area contributed by atoms with Crippen LogP contribution in [0.1, 0.15) is 24.6 Å². The number of aromatic nitrogens is 1. The van der Waals surface area contributed by atoms with Crippen molar-refractivity contribution in [1.82, 2.24) is 4.98 Å². The summed E-state index contributed by atoms with van der Waals surface area (Å²) in [5.74, 6) is 1.41. The van der Waals surface area contributed by atoms with Crippen LogP contribution in [-0.4, -0.2) is 4.98 Å². The van der Waals surface area contributed by atoms with E-state index in [2.05, 4.69) is 4.98 Å². The predicted molar refractivity (Wildman–Crippen MR) is 33.8 cm³/mol. The lowest BCUT2D eigenvalue weighted by Crippen LogP contribution is -2.04. The second-order valence-corrected chi connectivity index (χ2v) is 2.10. The van der Waals surface area contributed by atoms with Gasteiger partial charge in [0.15, 0.2) is 0 Å². The van der Waals surface area contributed by atoms with Crippen molar-refractivity contribution in [3.63, 3.8) is 0 Å². The van der Waals surface area contributed by atoms with Crippen molar-refractivity contribution in [2.75, 3.05) is 0 Å². The molecule has 3 nitrogen and oxygen atoms in total. The van der Waals surface area contributed by atoms with Crippen LogP contribution in [0, 0.1) is 6.92 Å². The standard InChI is InChI=1S/C6H10N2O/c1-4-3-8-6(9-4)5(2)7/h3,5H,7H2,1-2H3/t5-/m0/s1. The molecular formula is C6H10N2O. The van der Waals surface area contributed by atoms with Gasteiger partial charge < -0.3 is 10.2 Å². The third-order valence-corrected chi connectivity index (χ3v) is 1.03. The Morgan fingerprint density at radius 2 is 2.44 bits per heavy atom. The molecule has 3 heteroatoms. The molecule has 0 saturated heterocycles. The fourth-order valence-electron chi connectivity index (χ4n) is 0.583. The fraction of sp³-hybridized carbons (Fsp3) is 0.500. The van der Waals surface area contributed by atoms with E-state index in [4.69, 9.17) is 10.2 Å². The molecule has 0 unspecified atom stereocenters. The number of hydrogen-bond acceptors (Lipinski definition) is 3. The summed E-state index contributed by atoms with van der Waals surface area (Å²) in [7, 11) is 0. The third-order valence-electron chi connectivity index (χ3n) is 1.03. The van der Waals surface area contributed by atoms with Crippen molar-refractivity contribution in [1.29, 1.82) is 0 Å². The van der Waals surface area contributed by atoms with E-state index in [1.54, 1.807) is 6.20 Å². The summed E-state index contributed by atoms with van der Waals surface area (Å²) in [5, 5.41) is 0. The van der Waals surface area contributed by atoms with Crippen LogP contribution in [0.25, 0.3) is 0 Å². The Balaban J connectivity index is 2.85. The molecule has 1 atom stereocenters. The highest BCUT2D eigenvalue weighted by Gasteiger charge is 2.03. The summed E-state index contributed by atoms with van der Waals surface area (Å²) < 4.78 is 5.11. The van der Waals surface area contributed by atoms with Gasteiger partial charge in [-0.3, -0.25) is 0 Å². The normalized spacial score (nSPS) is 13.7. The van der Waals surface area contributed by atoms with Crippen molar-refractivity contribution in [3.05, 3.63) is 17.8 Å². The van der Waals surface area contributed by atoms with E-state index in [0.29, 0.717) is 5.89 Å². The van der Waals surface area contributed by atoms with Gasteiger partial charge in [0.05, 0.1) is 12.2 Å². The summed E-state index contributed by atoms with van der Waals surface area (Å²) in [6, 6.07) is -0.0984. The molecule has 2 N–H and O–H groups in total. The van der Waals surface area contributed by atoms with Crippen LogP contribution in [0.5, 0.6) is 0 Å². The Hall–Kier alpha value is -0.830. The molecule has 0 spiro atoms. The first-order valence-electron chi connectivity index (χ1n) is 2.88. The van der Waals surface area contributed by atoms with E-state index >= 15 is 0 Å². The number of aryl methyl sites for hydroxylation is 1. The molecule has 1 aromatic rings. The Labute approximate surface area is 53.9 Å². The van der Waals surface area contributed by atoms with Crippen LogP contribution in [-0.2, 0) is 0 Å². The van der Waals surface area contributed by atoms with Gasteiger partial charge in [0, 0.05) is 0 Å². The van der Waals surface area contributed by atoms with E-state index in [-0.39, 0.29) is 6.04 Å². The highest BCUT2D eigenvalue weighted by Crippen LogP contribution is 2.07. The predicted octanol–water partition coefficient (Wildman–Crippen LogP) is 1.00. The summed E-state index contributed by atoms with van der Waals surface area (Å²) in [5.41, 5.74) is 5.47. The average Bonchev–Trinajstić information content (AvgIpc) is 2.14. The zero-order chi connectivity index (χ0) is 6.85. The topological polar surface area (TPSA) is 52.0 Å². The maximum Gasteiger partial charge on any atom is 0.210 e. The Morgan fingerprint density at radius 1 is 1.78 bits per heavy atom. The van der Waals surface area contributed by atoms with Crippen LogP contribution < -0.4 is 5.73 Å². The smallest absolute Gasteiger partial charge is 0.210 e. The summed E-state index contributed by atoms with van der Waals surface area (Å²) in [6.45, 7) is 3.68. The fourth-order valence-corrected chi connectivity index (χ4v) is 0.583. The lowest BCUT2D eigenvalue weighted by Gasteiger charge is -1.94. The SMILES string of the molecule is Cc1cnc([C@H](C)N)o1. The van der Waals surface area contributed by atoms with Crippen molar-refractivity contribution < 1.29 is 4.42 Å². The van der Waals surface area contributed by atoms with Gasteiger partial charge in [0.1, 0.15) is 5.76 Å². The highest BCUT2D eigenvalue weighted by atomic mass is 16.4. The molecule has 9 heavy (non-hydrogen) atoms.